The van der Waals surface area contributed by atoms with E-state index >= 15 is 0 Å². The molecule has 2 aromatic rings. The molecular weight excluding hydrogens is 490 g/mol. The Labute approximate surface area is 228 Å². The highest BCUT2D eigenvalue weighted by molar-refractivity contribution is 6.28. The lowest BCUT2D eigenvalue weighted by Gasteiger charge is -2.35. The van der Waals surface area contributed by atoms with Crippen LogP contribution < -0.4 is 21.3 Å². The van der Waals surface area contributed by atoms with Gasteiger partial charge in [-0.25, -0.2) is 9.98 Å². The Bertz CT molecular complexity index is 1400. The van der Waals surface area contributed by atoms with Gasteiger partial charge in [-0.1, -0.05) is 43.5 Å². The molecular formula is C30H33N7O2. The number of nitrogens with one attached hydrogen (secondary N) is 2. The molecule has 39 heavy (non-hydrogen) atoms. The van der Waals surface area contributed by atoms with E-state index in [0.717, 1.165) is 48.7 Å². The molecule has 1 aliphatic carbocycles. The first-order valence-electron chi connectivity index (χ1n) is 12.7. The minimum absolute atomic E-state index is 0.280. The van der Waals surface area contributed by atoms with Gasteiger partial charge in [0.05, 0.1) is 11.3 Å². The fourth-order valence-corrected chi connectivity index (χ4v) is 4.44. The Balaban J connectivity index is 1.60. The number of primary amides is 1. The average Bonchev–Trinajstić information content (AvgIpc) is 2.94. The zero-order valence-electron chi connectivity index (χ0n) is 22.1. The Hall–Kier alpha value is -4.76. The van der Waals surface area contributed by atoms with E-state index in [1.54, 1.807) is 6.07 Å². The first kappa shape index (κ1) is 27.3. The number of hydrogen-bond acceptors (Lipinski definition) is 5. The molecule has 1 heterocycles. The lowest BCUT2D eigenvalue weighted by molar-refractivity contribution is -0.111. The lowest BCUT2D eigenvalue weighted by Crippen LogP contribution is -2.45. The molecule has 9 nitrogen and oxygen atoms in total. The van der Waals surface area contributed by atoms with Crippen LogP contribution in [0.3, 0.4) is 0 Å². The summed E-state index contributed by atoms with van der Waals surface area (Å²) in [6, 6.07) is 13.1. The molecule has 0 saturated carbocycles. The molecule has 1 saturated heterocycles. The van der Waals surface area contributed by atoms with Crippen molar-refractivity contribution in [3.8, 4) is 0 Å². The molecule has 200 valence electrons. The predicted octanol–water partition coefficient (Wildman–Crippen LogP) is 4.06. The highest BCUT2D eigenvalue weighted by Crippen LogP contribution is 2.27. The predicted molar refractivity (Wildman–Crippen MR) is 160 cm³/mol. The molecule has 0 bridgehead atoms. The number of benzene rings is 2. The smallest absolute Gasteiger partial charge is 0.250 e. The highest BCUT2D eigenvalue weighted by atomic mass is 16.1. The number of guanidine groups is 1. The van der Waals surface area contributed by atoms with Crippen LogP contribution in [-0.2, 0) is 4.79 Å². The second-order valence-corrected chi connectivity index (χ2v) is 9.19. The molecule has 2 aromatic carbocycles. The van der Waals surface area contributed by atoms with Crippen LogP contribution in [0.2, 0.25) is 0 Å². The van der Waals surface area contributed by atoms with Gasteiger partial charge >= 0.3 is 0 Å². The van der Waals surface area contributed by atoms with E-state index in [0.29, 0.717) is 29.3 Å². The van der Waals surface area contributed by atoms with Gasteiger partial charge in [0, 0.05) is 61.4 Å². The van der Waals surface area contributed by atoms with Gasteiger partial charge in [0.2, 0.25) is 11.9 Å². The number of nitrogens with zero attached hydrogens (tertiary/aromatic N) is 4. The van der Waals surface area contributed by atoms with Gasteiger partial charge in [0.25, 0.3) is 5.91 Å². The summed E-state index contributed by atoms with van der Waals surface area (Å²) in [6.45, 7) is 10.7. The standard InChI is InChI=1S/C30H33N7O2/c1-4-28(38)33-22-10-8-9-21(19-22)24-11-6-7-12-26(24)35-30(32-5-2)34-23-13-14-27(25(20-23)29(31)39)37-17-15-36(3)16-18-37/h4-11,13-14,19-20H,1-2,12,15-18H2,3H3,(H2,31,39)(H,32,34)(H,33,38)/b35-26+. The number of allylic oxidation sites excluding steroid dienone is 4. The molecule has 4 N–H and O–H groups in total. The molecule has 4 rings (SSSR count). The first-order chi connectivity index (χ1) is 18.9. The maximum absolute atomic E-state index is 12.4. The molecule has 2 aliphatic rings. The number of hydrogen-bond donors (Lipinski definition) is 3. The van der Waals surface area contributed by atoms with Gasteiger partial charge in [0.15, 0.2) is 0 Å². The highest BCUT2D eigenvalue weighted by Gasteiger charge is 2.20. The SMILES string of the molecule is C=C/N=C(\N=C1/CC=CC=C1c1cccc(NC(=O)C=C)c1)Nc1ccc(N2CCN(C)CC2)c(C(N)=O)c1. The summed E-state index contributed by atoms with van der Waals surface area (Å²) in [5.74, 6) is -0.454. The van der Waals surface area contributed by atoms with Crippen molar-refractivity contribution in [2.75, 3.05) is 48.8 Å². The molecule has 0 aromatic heterocycles. The molecule has 1 aliphatic heterocycles. The summed E-state index contributed by atoms with van der Waals surface area (Å²) < 4.78 is 0. The van der Waals surface area contributed by atoms with Gasteiger partial charge < -0.3 is 26.2 Å². The number of amides is 2. The Morgan fingerprint density at radius 1 is 1.03 bits per heavy atom. The normalized spacial score (nSPS) is 16.9. The first-order valence-corrected chi connectivity index (χ1v) is 12.7. The zero-order valence-corrected chi connectivity index (χ0v) is 22.1. The van der Waals surface area contributed by atoms with Gasteiger partial charge in [-0.3, -0.25) is 9.59 Å². The number of rotatable bonds is 7. The molecule has 0 atom stereocenters. The number of piperazine rings is 1. The number of anilines is 3. The number of aliphatic imine (C=N–C) groups is 2. The molecule has 0 spiro atoms. The minimum Gasteiger partial charge on any atom is -0.368 e. The summed E-state index contributed by atoms with van der Waals surface area (Å²) in [7, 11) is 2.08. The van der Waals surface area contributed by atoms with E-state index in [9.17, 15) is 9.59 Å². The molecule has 0 radical (unpaired) electrons. The third kappa shape index (κ3) is 6.97. The molecule has 0 unspecified atom stereocenters. The Kier molecular flexibility index (Phi) is 8.86. The van der Waals surface area contributed by atoms with Crippen LogP contribution in [0.4, 0.5) is 17.1 Å². The van der Waals surface area contributed by atoms with E-state index in [4.69, 9.17) is 10.7 Å². The molecule has 2 amide bonds. The summed E-state index contributed by atoms with van der Waals surface area (Å²) >= 11 is 0. The second-order valence-electron chi connectivity index (χ2n) is 9.19. The van der Waals surface area contributed by atoms with Gasteiger partial charge in [-0.2, -0.15) is 0 Å². The van der Waals surface area contributed by atoms with Gasteiger partial charge in [0.1, 0.15) is 0 Å². The summed E-state index contributed by atoms with van der Waals surface area (Å²) in [5, 5.41) is 6.00. The fourth-order valence-electron chi connectivity index (χ4n) is 4.44. The van der Waals surface area contributed by atoms with Crippen molar-refractivity contribution in [1.82, 2.24) is 4.90 Å². The van der Waals surface area contributed by atoms with E-state index in [1.165, 1.54) is 12.3 Å². The number of likely N-dealkylation sites (N-methyl/N-ethyl adjacent to an activating group) is 1. The third-order valence-corrected chi connectivity index (χ3v) is 6.46. The Morgan fingerprint density at radius 3 is 2.51 bits per heavy atom. The van der Waals surface area contributed by atoms with Gasteiger partial charge in [-0.05, 0) is 49.0 Å². The Morgan fingerprint density at radius 2 is 1.79 bits per heavy atom. The van der Waals surface area contributed by atoms with Crippen LogP contribution in [0, 0.1) is 0 Å². The second kappa shape index (κ2) is 12.7. The summed E-state index contributed by atoms with van der Waals surface area (Å²) in [6.07, 6.45) is 9.17. The van der Waals surface area contributed by atoms with Crippen LogP contribution in [0.15, 0.2) is 96.1 Å². The molecule has 9 heteroatoms. The van der Waals surface area contributed by atoms with Crippen molar-refractivity contribution in [2.45, 2.75) is 6.42 Å². The van der Waals surface area contributed by atoms with Crippen molar-refractivity contribution < 1.29 is 9.59 Å². The van der Waals surface area contributed by atoms with E-state index in [2.05, 4.69) is 45.6 Å². The minimum atomic E-state index is -0.493. The topological polar surface area (TPSA) is 115 Å². The van der Waals surface area contributed by atoms with Crippen LogP contribution in [0.5, 0.6) is 0 Å². The maximum Gasteiger partial charge on any atom is 0.250 e. The van der Waals surface area contributed by atoms with Crippen LogP contribution in [0.1, 0.15) is 22.3 Å². The van der Waals surface area contributed by atoms with Crippen LogP contribution >= 0.6 is 0 Å². The van der Waals surface area contributed by atoms with Gasteiger partial charge in [-0.15, -0.1) is 0 Å². The lowest BCUT2D eigenvalue weighted by atomic mass is 9.95. The zero-order chi connectivity index (χ0) is 27.8. The average molecular weight is 524 g/mol. The number of carbonyl (C=O) groups excluding carboxylic acids is 2. The monoisotopic (exact) mass is 523 g/mol. The number of carbonyl (C=O) groups is 2. The van der Waals surface area contributed by atoms with E-state index in [-0.39, 0.29) is 5.91 Å². The van der Waals surface area contributed by atoms with Crippen molar-refractivity contribution >= 4 is 46.1 Å². The number of nitrogens with two attached hydrogens (primary N) is 1. The van der Waals surface area contributed by atoms with Crippen molar-refractivity contribution in [1.29, 1.82) is 0 Å². The van der Waals surface area contributed by atoms with Crippen LogP contribution in [0.25, 0.3) is 5.57 Å². The maximum atomic E-state index is 12.4. The van der Waals surface area contributed by atoms with Crippen molar-refractivity contribution in [3.05, 3.63) is 97.3 Å². The molecule has 1 fully saturated rings. The third-order valence-electron chi connectivity index (χ3n) is 6.46. The quantitative estimate of drug-likeness (QED) is 0.288. The summed E-state index contributed by atoms with van der Waals surface area (Å²) in [4.78, 5) is 37.7. The largest absolute Gasteiger partial charge is 0.368 e. The summed E-state index contributed by atoms with van der Waals surface area (Å²) in [5.41, 5.74) is 10.9. The van der Waals surface area contributed by atoms with Crippen molar-refractivity contribution in [3.63, 3.8) is 0 Å². The van der Waals surface area contributed by atoms with Crippen molar-refractivity contribution in [2.24, 2.45) is 15.7 Å². The van der Waals surface area contributed by atoms with E-state index < -0.39 is 5.91 Å². The van der Waals surface area contributed by atoms with Crippen LogP contribution in [-0.4, -0.2) is 61.6 Å². The van der Waals surface area contributed by atoms with E-state index in [1.807, 2.05) is 54.6 Å². The fraction of sp³-hybridized carbons (Fsp3) is 0.200.